The highest BCUT2D eigenvalue weighted by atomic mass is 19.1. The molecule has 27 heavy (non-hydrogen) atoms. The van der Waals surface area contributed by atoms with Crippen LogP contribution in [-0.4, -0.2) is 48.1 Å². The molecule has 1 aromatic carbocycles. The Morgan fingerprint density at radius 1 is 1.19 bits per heavy atom. The van der Waals surface area contributed by atoms with Gasteiger partial charge in [0.2, 0.25) is 0 Å². The van der Waals surface area contributed by atoms with Gasteiger partial charge < -0.3 is 19.7 Å². The molecule has 0 radical (unpaired) electrons. The zero-order chi connectivity index (χ0) is 19.6. The Morgan fingerprint density at radius 3 is 2.48 bits per heavy atom. The lowest BCUT2D eigenvalue weighted by molar-refractivity contribution is 0.0931. The number of likely N-dealkylation sites (N-methyl/N-ethyl adjacent to an activating group) is 1. The fourth-order valence-corrected chi connectivity index (χ4v) is 3.65. The number of nitrogens with one attached hydrogen (secondary N) is 1. The van der Waals surface area contributed by atoms with Gasteiger partial charge in [0.15, 0.2) is 0 Å². The van der Waals surface area contributed by atoms with Gasteiger partial charge in [-0.3, -0.25) is 4.79 Å². The predicted octanol–water partition coefficient (Wildman–Crippen LogP) is 3.11. The number of nitrogens with zero attached hydrogens (tertiary/aromatic N) is 3. The lowest BCUT2D eigenvalue weighted by Gasteiger charge is -2.37. The number of halogens is 1. The number of benzene rings is 1. The molecule has 1 fully saturated rings. The highest BCUT2D eigenvalue weighted by Gasteiger charge is 2.22. The summed E-state index contributed by atoms with van der Waals surface area (Å²) in [7, 11) is 1.87. The molecule has 1 N–H and O–H groups in total. The number of aromatic nitrogens is 1. The van der Waals surface area contributed by atoms with Crippen molar-refractivity contribution in [3.8, 4) is 0 Å². The molecule has 1 amide bonds. The van der Waals surface area contributed by atoms with Gasteiger partial charge in [-0.05, 0) is 50.7 Å². The minimum Gasteiger partial charge on any atom is -0.369 e. The highest BCUT2D eigenvalue weighted by molar-refractivity contribution is 5.93. The summed E-state index contributed by atoms with van der Waals surface area (Å²) in [6.07, 6.45) is 0. The second-order valence-electron chi connectivity index (χ2n) is 7.24. The molecule has 1 aliphatic heterocycles. The fraction of sp³-hybridized carbons (Fsp3) is 0.476. The van der Waals surface area contributed by atoms with E-state index in [2.05, 4.69) is 22.0 Å². The molecule has 146 valence electrons. The molecule has 2 aromatic rings. The maximum absolute atomic E-state index is 14.0. The number of aryl methyl sites for hydroxylation is 1. The van der Waals surface area contributed by atoms with E-state index in [1.807, 2.05) is 43.7 Å². The maximum atomic E-state index is 14.0. The average molecular weight is 372 g/mol. The SMILES string of the molecule is CCN1CCN(c2ccc(F)cc2C(C)NC(=O)c2ccc(C)n2C)CC1. The first-order chi connectivity index (χ1) is 12.9. The lowest BCUT2D eigenvalue weighted by Crippen LogP contribution is -2.46. The van der Waals surface area contributed by atoms with Crippen molar-refractivity contribution in [2.24, 2.45) is 7.05 Å². The number of hydrogen-bond acceptors (Lipinski definition) is 3. The molecule has 5 nitrogen and oxygen atoms in total. The van der Waals surface area contributed by atoms with Crippen molar-refractivity contribution in [3.05, 3.63) is 53.1 Å². The Balaban J connectivity index is 1.80. The van der Waals surface area contributed by atoms with Crippen LogP contribution in [0.3, 0.4) is 0 Å². The van der Waals surface area contributed by atoms with Crippen molar-refractivity contribution in [2.45, 2.75) is 26.8 Å². The summed E-state index contributed by atoms with van der Waals surface area (Å²) in [5, 5.41) is 3.03. The first-order valence-electron chi connectivity index (χ1n) is 9.60. The second-order valence-corrected chi connectivity index (χ2v) is 7.24. The average Bonchev–Trinajstić information content (AvgIpc) is 3.00. The lowest BCUT2D eigenvalue weighted by atomic mass is 10.0. The molecule has 6 heteroatoms. The Labute approximate surface area is 160 Å². The summed E-state index contributed by atoms with van der Waals surface area (Å²) in [4.78, 5) is 17.4. The number of carbonyl (C=O) groups is 1. The summed E-state index contributed by atoms with van der Waals surface area (Å²) >= 11 is 0. The third-order valence-electron chi connectivity index (χ3n) is 5.57. The van der Waals surface area contributed by atoms with E-state index in [1.165, 1.54) is 6.07 Å². The summed E-state index contributed by atoms with van der Waals surface area (Å²) < 4.78 is 15.8. The maximum Gasteiger partial charge on any atom is 0.268 e. The first-order valence-corrected chi connectivity index (χ1v) is 9.60. The second kappa shape index (κ2) is 8.13. The standard InChI is InChI=1S/C21H29FN4O/c1-5-25-10-12-26(13-11-25)19-9-7-17(22)14-18(19)16(3)23-21(27)20-8-6-15(2)24(20)4/h6-9,14,16H,5,10-13H2,1-4H3,(H,23,27). The number of hydrogen-bond donors (Lipinski definition) is 1. The van der Waals surface area contributed by atoms with Crippen molar-refractivity contribution >= 4 is 11.6 Å². The zero-order valence-corrected chi connectivity index (χ0v) is 16.6. The zero-order valence-electron chi connectivity index (χ0n) is 16.6. The van der Waals surface area contributed by atoms with Gasteiger partial charge in [-0.2, -0.15) is 0 Å². The van der Waals surface area contributed by atoms with E-state index in [1.54, 1.807) is 6.07 Å². The predicted molar refractivity (Wildman–Crippen MR) is 107 cm³/mol. The van der Waals surface area contributed by atoms with Gasteiger partial charge >= 0.3 is 0 Å². The molecule has 1 saturated heterocycles. The molecule has 0 saturated carbocycles. The molecule has 2 heterocycles. The smallest absolute Gasteiger partial charge is 0.268 e. The third-order valence-corrected chi connectivity index (χ3v) is 5.57. The van der Waals surface area contributed by atoms with Gasteiger partial charge in [-0.1, -0.05) is 6.92 Å². The molecular formula is C21H29FN4O. The summed E-state index contributed by atoms with van der Waals surface area (Å²) in [6.45, 7) is 10.9. The number of anilines is 1. The van der Waals surface area contributed by atoms with Crippen LogP contribution in [0.5, 0.6) is 0 Å². The van der Waals surface area contributed by atoms with E-state index in [0.29, 0.717) is 5.69 Å². The first kappa shape index (κ1) is 19.4. The molecule has 0 bridgehead atoms. The molecule has 1 aliphatic rings. The van der Waals surface area contributed by atoms with Crippen molar-refractivity contribution in [3.63, 3.8) is 0 Å². The van der Waals surface area contributed by atoms with Crippen molar-refractivity contribution in [1.82, 2.24) is 14.8 Å². The monoisotopic (exact) mass is 372 g/mol. The normalized spacial score (nSPS) is 16.4. The van der Waals surface area contributed by atoms with Gasteiger partial charge in [-0.15, -0.1) is 0 Å². The number of carbonyl (C=O) groups excluding carboxylic acids is 1. The molecule has 1 atom stereocenters. The van der Waals surface area contributed by atoms with E-state index in [4.69, 9.17) is 0 Å². The summed E-state index contributed by atoms with van der Waals surface area (Å²) in [5.41, 5.74) is 3.45. The van der Waals surface area contributed by atoms with Crippen LogP contribution >= 0.6 is 0 Å². The quantitative estimate of drug-likeness (QED) is 0.877. The summed E-state index contributed by atoms with van der Waals surface area (Å²) in [6, 6.07) is 8.32. The number of piperazine rings is 1. The van der Waals surface area contributed by atoms with Gasteiger partial charge in [0, 0.05) is 50.2 Å². The highest BCUT2D eigenvalue weighted by Crippen LogP contribution is 2.28. The molecule has 0 spiro atoms. The topological polar surface area (TPSA) is 40.5 Å². The minimum absolute atomic E-state index is 0.149. The van der Waals surface area contributed by atoms with E-state index in [-0.39, 0.29) is 17.8 Å². The van der Waals surface area contributed by atoms with Crippen LogP contribution in [0.2, 0.25) is 0 Å². The largest absolute Gasteiger partial charge is 0.369 e. The molecule has 1 aromatic heterocycles. The van der Waals surface area contributed by atoms with Crippen LogP contribution in [0.1, 0.15) is 41.6 Å². The van der Waals surface area contributed by atoms with Gasteiger partial charge in [0.1, 0.15) is 11.5 Å². The van der Waals surface area contributed by atoms with Crippen molar-refractivity contribution < 1.29 is 9.18 Å². The van der Waals surface area contributed by atoms with Gasteiger partial charge in [0.05, 0.1) is 6.04 Å². The van der Waals surface area contributed by atoms with Gasteiger partial charge in [0.25, 0.3) is 5.91 Å². The van der Waals surface area contributed by atoms with Crippen LogP contribution in [-0.2, 0) is 7.05 Å². The Bertz CT molecular complexity index is 809. The van der Waals surface area contributed by atoms with Crippen molar-refractivity contribution in [1.29, 1.82) is 0 Å². The Kier molecular flexibility index (Phi) is 5.85. The summed E-state index contributed by atoms with van der Waals surface area (Å²) in [5.74, 6) is -0.430. The van der Waals surface area contributed by atoms with Crippen LogP contribution in [0.25, 0.3) is 0 Å². The van der Waals surface area contributed by atoms with Crippen LogP contribution in [0.15, 0.2) is 30.3 Å². The van der Waals surface area contributed by atoms with E-state index >= 15 is 0 Å². The minimum atomic E-state index is -0.289. The van der Waals surface area contributed by atoms with E-state index in [0.717, 1.165) is 49.7 Å². The molecular weight excluding hydrogens is 343 g/mol. The Morgan fingerprint density at radius 2 is 1.89 bits per heavy atom. The van der Waals surface area contributed by atoms with Gasteiger partial charge in [-0.25, -0.2) is 4.39 Å². The molecule has 3 rings (SSSR count). The van der Waals surface area contributed by atoms with E-state index < -0.39 is 0 Å². The third kappa shape index (κ3) is 4.16. The van der Waals surface area contributed by atoms with Crippen LogP contribution in [0, 0.1) is 12.7 Å². The van der Waals surface area contributed by atoms with Crippen LogP contribution < -0.4 is 10.2 Å². The molecule has 0 aliphatic carbocycles. The number of amides is 1. The van der Waals surface area contributed by atoms with Crippen molar-refractivity contribution in [2.75, 3.05) is 37.6 Å². The van der Waals surface area contributed by atoms with E-state index in [9.17, 15) is 9.18 Å². The Hall–Kier alpha value is -2.34. The van der Waals surface area contributed by atoms with Crippen LogP contribution in [0.4, 0.5) is 10.1 Å². The fourth-order valence-electron chi connectivity index (χ4n) is 3.65. The molecule has 1 unspecified atom stereocenters. The number of rotatable bonds is 5.